The van der Waals surface area contributed by atoms with Crippen LogP contribution in [0.25, 0.3) is 0 Å². The molecule has 0 bridgehead atoms. The molecule has 0 aliphatic carbocycles. The first kappa shape index (κ1) is 12.5. The normalized spacial score (nSPS) is 27.8. The minimum absolute atomic E-state index is 0.892. The Morgan fingerprint density at radius 1 is 0.867 bits per heavy atom. The molecule has 2 heterocycles. The second-order valence-electron chi connectivity index (χ2n) is 4.68. The Balaban J connectivity index is 1.78. The van der Waals surface area contributed by atoms with E-state index in [2.05, 4.69) is 30.4 Å². The zero-order valence-electron chi connectivity index (χ0n) is 9.33. The van der Waals surface area contributed by atoms with Gasteiger partial charge in [-0.25, -0.2) is 4.31 Å². The highest BCUT2D eigenvalue weighted by molar-refractivity contribution is 14.2. The first-order valence-electron chi connectivity index (χ1n) is 6.18. The van der Waals surface area contributed by atoms with Crippen LogP contribution in [0.3, 0.4) is 0 Å². The van der Waals surface area contributed by atoms with Crippen LogP contribution >= 0.6 is 30.3 Å². The van der Waals surface area contributed by atoms with E-state index in [9.17, 15) is 0 Å². The fourth-order valence-corrected chi connectivity index (χ4v) is 4.27. The second-order valence-corrected chi connectivity index (χ2v) is 6.52. The third-order valence-corrected chi connectivity index (χ3v) is 5.91. The van der Waals surface area contributed by atoms with Crippen LogP contribution in [0.4, 0.5) is 0 Å². The summed E-state index contributed by atoms with van der Waals surface area (Å²) in [5, 5.41) is 0. The van der Waals surface area contributed by atoms with Gasteiger partial charge >= 0.3 is 0 Å². The number of hydrogen-bond donors (Lipinski definition) is 0. The smallest absolute Gasteiger partial charge is 0.0146 e. The van der Waals surface area contributed by atoms with Crippen LogP contribution in [0.1, 0.15) is 38.5 Å². The van der Waals surface area contributed by atoms with E-state index in [1.54, 1.807) is 0 Å². The fraction of sp³-hybridized carbons (Fsp3) is 1.00. The van der Waals surface area contributed by atoms with Crippen LogP contribution in [-0.4, -0.2) is 41.4 Å². The van der Waals surface area contributed by atoms with E-state index in [0.29, 0.717) is 0 Å². The Hall–Kier alpha value is 1.00. The van der Waals surface area contributed by atoms with Gasteiger partial charge in [-0.1, -0.05) is 12.8 Å². The molecule has 0 aromatic rings. The zero-order chi connectivity index (χ0) is 10.5. The van der Waals surface area contributed by atoms with Gasteiger partial charge in [-0.2, -0.15) is 0 Å². The molecule has 88 valence electrons. The van der Waals surface area contributed by atoms with Crippen molar-refractivity contribution in [2.75, 3.05) is 26.2 Å². The van der Waals surface area contributed by atoms with Crippen LogP contribution in [-0.2, 0) is 0 Å². The van der Waals surface area contributed by atoms with Gasteiger partial charge in [0.05, 0.1) is 0 Å². The highest BCUT2D eigenvalue weighted by Crippen LogP contribution is 2.26. The number of rotatable bonds is 2. The molecule has 0 aromatic carbocycles. The number of piperidine rings is 1. The molecule has 2 saturated heterocycles. The Morgan fingerprint density at radius 2 is 1.47 bits per heavy atom. The van der Waals surface area contributed by atoms with Gasteiger partial charge in [0.1, 0.15) is 0 Å². The van der Waals surface area contributed by atoms with E-state index >= 15 is 0 Å². The summed E-state index contributed by atoms with van der Waals surface area (Å²) in [7, 11) is 1.88. The quantitative estimate of drug-likeness (QED) is 0.562. The number of likely N-dealkylation sites (tertiary alicyclic amines) is 1. The molecular formula is C11H21IN2S. The first-order chi connectivity index (χ1) is 7.40. The summed E-state index contributed by atoms with van der Waals surface area (Å²) in [5.74, 6) is 0. The van der Waals surface area contributed by atoms with Crippen molar-refractivity contribution in [2.45, 2.75) is 44.6 Å². The summed E-state index contributed by atoms with van der Waals surface area (Å²) in [6.07, 6.45) is 8.55. The van der Waals surface area contributed by atoms with Crippen molar-refractivity contribution in [1.29, 1.82) is 0 Å². The molecule has 2 nitrogen and oxygen atoms in total. The van der Waals surface area contributed by atoms with E-state index in [-0.39, 0.29) is 0 Å². The summed E-state index contributed by atoms with van der Waals surface area (Å²) in [6, 6.07) is 0.892. The van der Waals surface area contributed by atoms with Crippen LogP contribution in [0.15, 0.2) is 0 Å². The average Bonchev–Trinajstić information content (AvgIpc) is 2.58. The predicted octanol–water partition coefficient (Wildman–Crippen LogP) is 3.33. The molecule has 0 unspecified atom stereocenters. The summed E-state index contributed by atoms with van der Waals surface area (Å²) >= 11 is 2.40. The van der Waals surface area contributed by atoms with Crippen molar-refractivity contribution in [3.8, 4) is 0 Å². The summed E-state index contributed by atoms with van der Waals surface area (Å²) in [4.78, 5) is 2.77. The predicted molar refractivity (Wildman–Crippen MR) is 76.2 cm³/mol. The van der Waals surface area contributed by atoms with Gasteiger partial charge in [0.15, 0.2) is 0 Å². The average molecular weight is 340 g/mol. The minimum atomic E-state index is 0.892. The SMILES string of the molecule is ISN1CCC(N2CCCCCC2)CC1. The van der Waals surface area contributed by atoms with E-state index < -0.39 is 0 Å². The third kappa shape index (κ3) is 3.75. The molecule has 0 saturated carbocycles. The maximum absolute atomic E-state index is 2.77. The standard InChI is InChI=1S/C11H21IN2S/c12-15-14-9-5-11(6-10-14)13-7-3-1-2-4-8-13/h11H,1-10H2. The lowest BCUT2D eigenvalue weighted by molar-refractivity contribution is 0.148. The minimum Gasteiger partial charge on any atom is -0.300 e. The Kier molecular flexibility index (Phi) is 5.54. The molecule has 0 radical (unpaired) electrons. The molecule has 2 aliphatic heterocycles. The Morgan fingerprint density at radius 3 is 2.00 bits per heavy atom. The van der Waals surface area contributed by atoms with Gasteiger partial charge in [0.25, 0.3) is 0 Å². The molecular weight excluding hydrogens is 319 g/mol. The zero-order valence-corrected chi connectivity index (χ0v) is 12.3. The lowest BCUT2D eigenvalue weighted by atomic mass is 10.0. The van der Waals surface area contributed by atoms with Crippen molar-refractivity contribution in [3.63, 3.8) is 0 Å². The van der Waals surface area contributed by atoms with Crippen molar-refractivity contribution in [1.82, 2.24) is 9.21 Å². The maximum atomic E-state index is 2.77. The summed E-state index contributed by atoms with van der Waals surface area (Å²) in [6.45, 7) is 5.30. The fourth-order valence-electron chi connectivity index (χ4n) is 2.74. The molecule has 2 aliphatic rings. The maximum Gasteiger partial charge on any atom is 0.0146 e. The lowest BCUT2D eigenvalue weighted by Crippen LogP contribution is -2.43. The molecule has 0 amide bonds. The van der Waals surface area contributed by atoms with Crippen LogP contribution in [0.2, 0.25) is 0 Å². The van der Waals surface area contributed by atoms with Gasteiger partial charge in [0, 0.05) is 40.3 Å². The molecule has 2 fully saturated rings. The largest absolute Gasteiger partial charge is 0.300 e. The van der Waals surface area contributed by atoms with E-state index in [1.807, 2.05) is 9.12 Å². The van der Waals surface area contributed by atoms with E-state index in [4.69, 9.17) is 0 Å². The van der Waals surface area contributed by atoms with E-state index in [1.165, 1.54) is 64.7 Å². The first-order valence-corrected chi connectivity index (χ1v) is 9.49. The second kappa shape index (κ2) is 6.67. The molecule has 0 atom stereocenters. The molecule has 4 heteroatoms. The molecule has 0 spiro atoms. The Bertz CT molecular complexity index is 175. The van der Waals surface area contributed by atoms with Crippen molar-refractivity contribution >= 4 is 30.3 Å². The molecule has 0 aromatic heterocycles. The lowest BCUT2D eigenvalue weighted by Gasteiger charge is -2.36. The van der Waals surface area contributed by atoms with Gasteiger partial charge in [-0.15, -0.1) is 0 Å². The van der Waals surface area contributed by atoms with Gasteiger partial charge in [0.2, 0.25) is 0 Å². The Labute approximate surface area is 110 Å². The van der Waals surface area contributed by atoms with Gasteiger partial charge in [-0.05, 0) is 47.9 Å². The van der Waals surface area contributed by atoms with Crippen molar-refractivity contribution in [2.24, 2.45) is 0 Å². The summed E-state index contributed by atoms with van der Waals surface area (Å²) < 4.78 is 2.49. The highest BCUT2D eigenvalue weighted by Gasteiger charge is 2.24. The number of halogens is 1. The number of nitrogens with zero attached hydrogens (tertiary/aromatic N) is 2. The van der Waals surface area contributed by atoms with Gasteiger partial charge in [-0.3, -0.25) is 0 Å². The molecule has 2 rings (SSSR count). The monoisotopic (exact) mass is 340 g/mol. The highest BCUT2D eigenvalue weighted by atomic mass is 127. The topological polar surface area (TPSA) is 6.48 Å². The van der Waals surface area contributed by atoms with Crippen molar-refractivity contribution in [3.05, 3.63) is 0 Å². The van der Waals surface area contributed by atoms with Crippen molar-refractivity contribution < 1.29 is 0 Å². The third-order valence-electron chi connectivity index (χ3n) is 3.68. The molecule has 15 heavy (non-hydrogen) atoms. The molecule has 0 N–H and O–H groups in total. The number of hydrogen-bond acceptors (Lipinski definition) is 3. The van der Waals surface area contributed by atoms with Crippen LogP contribution in [0, 0.1) is 0 Å². The van der Waals surface area contributed by atoms with E-state index in [0.717, 1.165) is 6.04 Å². The summed E-state index contributed by atoms with van der Waals surface area (Å²) in [5.41, 5.74) is 0. The van der Waals surface area contributed by atoms with Crippen LogP contribution < -0.4 is 0 Å². The van der Waals surface area contributed by atoms with Gasteiger partial charge < -0.3 is 4.90 Å². The van der Waals surface area contributed by atoms with Crippen LogP contribution in [0.5, 0.6) is 0 Å².